The number of benzene rings is 2. The number of halogens is 3. The van der Waals surface area contributed by atoms with E-state index in [-0.39, 0.29) is 15.6 Å². The molecular weight excluding hydrogens is 355 g/mol. The molecule has 0 bridgehead atoms. The number of nitrogens with one attached hydrogen (secondary N) is 1. The Bertz CT molecular complexity index is 780. The van der Waals surface area contributed by atoms with Crippen LogP contribution in [0.5, 0.6) is 5.75 Å². The highest BCUT2D eigenvalue weighted by Crippen LogP contribution is 2.34. The summed E-state index contributed by atoms with van der Waals surface area (Å²) < 4.78 is 0. The van der Waals surface area contributed by atoms with Crippen molar-refractivity contribution in [1.82, 2.24) is 0 Å². The van der Waals surface area contributed by atoms with Gasteiger partial charge < -0.3 is 10.4 Å². The number of nitro benzene ring substituents is 1. The van der Waals surface area contributed by atoms with Crippen molar-refractivity contribution in [3.8, 4) is 5.75 Å². The molecule has 6 nitrogen and oxygen atoms in total. The molecule has 2 rings (SSSR count). The van der Waals surface area contributed by atoms with E-state index in [4.69, 9.17) is 34.8 Å². The highest BCUT2D eigenvalue weighted by molar-refractivity contribution is 6.42. The predicted molar refractivity (Wildman–Crippen MR) is 84.2 cm³/mol. The number of rotatable bonds is 3. The van der Waals surface area contributed by atoms with Gasteiger partial charge in [-0.3, -0.25) is 14.9 Å². The quantitative estimate of drug-likeness (QED) is 0.621. The summed E-state index contributed by atoms with van der Waals surface area (Å²) in [6.07, 6.45) is 0. The van der Waals surface area contributed by atoms with Crippen molar-refractivity contribution in [3.05, 3.63) is 61.1 Å². The average Bonchev–Trinajstić information content (AvgIpc) is 2.44. The minimum Gasteiger partial charge on any atom is -0.502 e. The minimum absolute atomic E-state index is 0.0520. The number of carbonyl (C=O) groups excluding carboxylic acids is 1. The van der Waals surface area contributed by atoms with E-state index < -0.39 is 22.3 Å². The maximum atomic E-state index is 12.1. The van der Waals surface area contributed by atoms with Crippen LogP contribution in [0.1, 0.15) is 10.4 Å². The summed E-state index contributed by atoms with van der Waals surface area (Å²) in [5.74, 6) is -1.55. The molecule has 2 aromatic rings. The molecule has 0 saturated carbocycles. The highest BCUT2D eigenvalue weighted by atomic mass is 35.5. The molecule has 0 aliphatic heterocycles. The van der Waals surface area contributed by atoms with E-state index in [9.17, 15) is 20.0 Å². The van der Waals surface area contributed by atoms with Gasteiger partial charge >= 0.3 is 5.69 Å². The molecule has 0 spiro atoms. The number of nitrogens with zero attached hydrogens (tertiary/aromatic N) is 1. The van der Waals surface area contributed by atoms with Crippen molar-refractivity contribution in [1.29, 1.82) is 0 Å². The van der Waals surface area contributed by atoms with Crippen molar-refractivity contribution >= 4 is 52.1 Å². The molecule has 0 unspecified atom stereocenters. The molecule has 0 fully saturated rings. The molecule has 2 aromatic carbocycles. The molecular formula is C13H7Cl3N2O4. The summed E-state index contributed by atoms with van der Waals surface area (Å²) in [5.41, 5.74) is -0.682. The van der Waals surface area contributed by atoms with Crippen molar-refractivity contribution < 1.29 is 14.8 Å². The number of carbonyl (C=O) groups is 1. The summed E-state index contributed by atoms with van der Waals surface area (Å²) in [5, 5.41) is 23.5. The Balaban J connectivity index is 2.37. The fourth-order valence-corrected chi connectivity index (χ4v) is 2.18. The van der Waals surface area contributed by atoms with Crippen LogP contribution in [0.3, 0.4) is 0 Å². The number of aromatic hydroxyl groups is 1. The number of anilines is 1. The summed E-state index contributed by atoms with van der Waals surface area (Å²) in [6.45, 7) is 0. The Morgan fingerprint density at radius 2 is 1.82 bits per heavy atom. The zero-order chi connectivity index (χ0) is 16.4. The number of amides is 1. The molecule has 0 aliphatic carbocycles. The normalized spacial score (nSPS) is 10.3. The Morgan fingerprint density at radius 1 is 1.14 bits per heavy atom. The monoisotopic (exact) mass is 360 g/mol. The lowest BCUT2D eigenvalue weighted by Crippen LogP contribution is -2.12. The fourth-order valence-electron chi connectivity index (χ4n) is 1.67. The molecule has 22 heavy (non-hydrogen) atoms. The second-order valence-electron chi connectivity index (χ2n) is 4.16. The van der Waals surface area contributed by atoms with E-state index >= 15 is 0 Å². The van der Waals surface area contributed by atoms with E-state index in [1.165, 1.54) is 18.2 Å². The molecule has 9 heteroatoms. The lowest BCUT2D eigenvalue weighted by molar-refractivity contribution is -0.385. The van der Waals surface area contributed by atoms with Gasteiger partial charge in [0, 0.05) is 16.8 Å². The van der Waals surface area contributed by atoms with E-state index in [0.29, 0.717) is 10.7 Å². The fraction of sp³-hybridized carbons (Fsp3) is 0. The molecule has 2 N–H and O–H groups in total. The van der Waals surface area contributed by atoms with Gasteiger partial charge in [0.1, 0.15) is 0 Å². The van der Waals surface area contributed by atoms with Gasteiger partial charge in [-0.25, -0.2) is 0 Å². The van der Waals surface area contributed by atoms with Gasteiger partial charge in [-0.1, -0.05) is 34.8 Å². The highest BCUT2D eigenvalue weighted by Gasteiger charge is 2.23. The van der Waals surface area contributed by atoms with Gasteiger partial charge in [0.2, 0.25) is 5.75 Å². The third-order valence-electron chi connectivity index (χ3n) is 2.67. The van der Waals surface area contributed by atoms with E-state index in [1.54, 1.807) is 0 Å². The van der Waals surface area contributed by atoms with Crippen LogP contribution in [0.25, 0.3) is 0 Å². The largest absolute Gasteiger partial charge is 0.502 e. The van der Waals surface area contributed by atoms with Crippen molar-refractivity contribution in [2.75, 3.05) is 5.32 Å². The molecule has 0 atom stereocenters. The van der Waals surface area contributed by atoms with Gasteiger partial charge in [-0.15, -0.1) is 0 Å². The first-order chi connectivity index (χ1) is 10.3. The number of nitro groups is 1. The lowest BCUT2D eigenvalue weighted by Gasteiger charge is -2.08. The van der Waals surface area contributed by atoms with Crippen LogP contribution in [0.15, 0.2) is 30.3 Å². The maximum absolute atomic E-state index is 12.1. The number of phenolic OH excluding ortho intramolecular Hbond substituents is 1. The van der Waals surface area contributed by atoms with E-state index in [0.717, 1.165) is 12.1 Å². The van der Waals surface area contributed by atoms with Crippen molar-refractivity contribution in [3.63, 3.8) is 0 Å². The SMILES string of the molecule is O=C(Nc1ccc(Cl)c(Cl)c1)c1cc(Cl)cc([N+](=O)[O-])c1O. The first-order valence-corrected chi connectivity index (χ1v) is 6.86. The van der Waals surface area contributed by atoms with Crippen LogP contribution in [-0.4, -0.2) is 15.9 Å². The van der Waals surface area contributed by atoms with Gasteiger partial charge in [-0.2, -0.15) is 0 Å². The average molecular weight is 362 g/mol. The molecule has 0 saturated heterocycles. The van der Waals surface area contributed by atoms with Crippen LogP contribution in [0.4, 0.5) is 11.4 Å². The van der Waals surface area contributed by atoms with E-state index in [1.807, 2.05) is 0 Å². The van der Waals surface area contributed by atoms with Crippen LogP contribution in [-0.2, 0) is 0 Å². The van der Waals surface area contributed by atoms with Crippen LogP contribution >= 0.6 is 34.8 Å². The summed E-state index contributed by atoms with van der Waals surface area (Å²) in [4.78, 5) is 22.1. The van der Waals surface area contributed by atoms with Crippen LogP contribution < -0.4 is 5.32 Å². The Hall–Kier alpha value is -2.02. The summed E-state index contributed by atoms with van der Waals surface area (Å²) in [7, 11) is 0. The second kappa shape index (κ2) is 6.39. The molecule has 0 aromatic heterocycles. The van der Waals surface area contributed by atoms with Gasteiger partial charge in [0.25, 0.3) is 5.91 Å². The Morgan fingerprint density at radius 3 is 2.41 bits per heavy atom. The van der Waals surface area contributed by atoms with Gasteiger partial charge in [0.15, 0.2) is 0 Å². The van der Waals surface area contributed by atoms with Crippen LogP contribution in [0.2, 0.25) is 15.1 Å². The third kappa shape index (κ3) is 3.41. The zero-order valence-corrected chi connectivity index (χ0v) is 12.9. The summed E-state index contributed by atoms with van der Waals surface area (Å²) >= 11 is 17.3. The number of hydrogen-bond acceptors (Lipinski definition) is 4. The molecule has 1 amide bonds. The zero-order valence-electron chi connectivity index (χ0n) is 10.6. The first kappa shape index (κ1) is 16.4. The number of hydrogen-bond donors (Lipinski definition) is 2. The Labute approximate surface area is 139 Å². The third-order valence-corrected chi connectivity index (χ3v) is 3.63. The Kier molecular flexibility index (Phi) is 4.75. The molecule has 114 valence electrons. The maximum Gasteiger partial charge on any atom is 0.313 e. The number of phenols is 1. The smallest absolute Gasteiger partial charge is 0.313 e. The van der Waals surface area contributed by atoms with Gasteiger partial charge in [-0.05, 0) is 24.3 Å². The molecule has 0 radical (unpaired) electrons. The molecule has 0 heterocycles. The van der Waals surface area contributed by atoms with Crippen LogP contribution in [0, 0.1) is 10.1 Å². The van der Waals surface area contributed by atoms with Crippen molar-refractivity contribution in [2.24, 2.45) is 0 Å². The summed E-state index contributed by atoms with van der Waals surface area (Å²) in [6, 6.07) is 6.43. The van der Waals surface area contributed by atoms with Gasteiger partial charge in [0.05, 0.1) is 20.5 Å². The molecule has 0 aliphatic rings. The van der Waals surface area contributed by atoms with E-state index in [2.05, 4.69) is 5.32 Å². The lowest BCUT2D eigenvalue weighted by atomic mass is 10.1. The minimum atomic E-state index is -0.836. The predicted octanol–water partition coefficient (Wildman–Crippen LogP) is 4.51. The standard InChI is InChI=1S/C13H7Cl3N2O4/c14-6-3-8(12(19)11(4-6)18(21)22)13(20)17-7-1-2-9(15)10(16)5-7/h1-5,19H,(H,17,20). The van der Waals surface area contributed by atoms with Crippen molar-refractivity contribution in [2.45, 2.75) is 0 Å². The topological polar surface area (TPSA) is 92.5 Å². The second-order valence-corrected chi connectivity index (χ2v) is 5.41. The first-order valence-electron chi connectivity index (χ1n) is 5.73.